The van der Waals surface area contributed by atoms with E-state index in [2.05, 4.69) is 23.7 Å². The van der Waals surface area contributed by atoms with Gasteiger partial charge in [-0.05, 0) is 54.1 Å². The second kappa shape index (κ2) is 7.13. The van der Waals surface area contributed by atoms with E-state index in [0.29, 0.717) is 12.1 Å². The number of halogens is 1. The number of benzene rings is 1. The molecule has 0 saturated carbocycles. The van der Waals surface area contributed by atoms with Crippen LogP contribution in [0.3, 0.4) is 0 Å². The van der Waals surface area contributed by atoms with Crippen LogP contribution >= 0.6 is 11.3 Å². The van der Waals surface area contributed by atoms with Crippen LogP contribution in [0.5, 0.6) is 0 Å². The molecule has 4 nitrogen and oxygen atoms in total. The molecule has 0 bridgehead atoms. The maximum Gasteiger partial charge on any atom is 0.251 e. The van der Waals surface area contributed by atoms with Gasteiger partial charge in [-0.25, -0.2) is 4.39 Å². The van der Waals surface area contributed by atoms with Crippen molar-refractivity contribution in [1.82, 2.24) is 10.2 Å². The Hall–Kier alpha value is -2.21. The first-order chi connectivity index (χ1) is 11.6. The summed E-state index contributed by atoms with van der Waals surface area (Å²) in [6.07, 6.45) is 1.71. The predicted molar refractivity (Wildman–Crippen MR) is 91.5 cm³/mol. The van der Waals surface area contributed by atoms with Gasteiger partial charge in [0.05, 0.1) is 12.6 Å². The van der Waals surface area contributed by atoms with E-state index in [0.717, 1.165) is 12.8 Å². The number of fused-ring (bicyclic) bond motifs is 1. The number of amides is 2. The van der Waals surface area contributed by atoms with Gasteiger partial charge in [0.25, 0.3) is 5.91 Å². The fraction of sp³-hybridized carbons (Fsp3) is 0.333. The fourth-order valence-corrected chi connectivity index (χ4v) is 4.02. The Morgan fingerprint density at radius 2 is 2.04 bits per heavy atom. The lowest BCUT2D eigenvalue weighted by atomic mass is 9.98. The summed E-state index contributed by atoms with van der Waals surface area (Å²) >= 11 is 1.74. The number of carbonyl (C=O) groups excluding carboxylic acids is 2. The standard InChI is InChI=1S/C18H19FN2O2S/c1-2-15-14-8-10-24-16(14)7-9-21(15)17(22)11-20-18(23)12-3-5-13(19)6-4-12/h3-6,8,10,15H,2,7,9,11H2,1H3,(H,20,23)/t15-/m1/s1. The van der Waals surface area contributed by atoms with Crippen molar-refractivity contribution in [2.24, 2.45) is 0 Å². The summed E-state index contributed by atoms with van der Waals surface area (Å²) in [4.78, 5) is 27.8. The van der Waals surface area contributed by atoms with Crippen LogP contribution in [0.15, 0.2) is 35.7 Å². The number of hydrogen-bond donors (Lipinski definition) is 1. The van der Waals surface area contributed by atoms with Crippen LogP contribution in [0, 0.1) is 5.82 Å². The van der Waals surface area contributed by atoms with Crippen LogP contribution < -0.4 is 5.32 Å². The maximum atomic E-state index is 12.9. The number of hydrogen-bond acceptors (Lipinski definition) is 3. The second-order valence-electron chi connectivity index (χ2n) is 5.75. The van der Waals surface area contributed by atoms with Crippen LogP contribution in [-0.2, 0) is 11.2 Å². The van der Waals surface area contributed by atoms with Gasteiger partial charge in [0.2, 0.25) is 5.91 Å². The third-order valence-electron chi connectivity index (χ3n) is 4.31. The van der Waals surface area contributed by atoms with E-state index in [1.54, 1.807) is 11.3 Å². The van der Waals surface area contributed by atoms with Crippen molar-refractivity contribution < 1.29 is 14.0 Å². The molecule has 126 valence electrons. The zero-order chi connectivity index (χ0) is 17.1. The second-order valence-corrected chi connectivity index (χ2v) is 6.75. The first kappa shape index (κ1) is 16.6. The van der Waals surface area contributed by atoms with Crippen LogP contribution in [0.4, 0.5) is 4.39 Å². The van der Waals surface area contributed by atoms with Crippen molar-refractivity contribution in [3.05, 3.63) is 57.5 Å². The maximum absolute atomic E-state index is 12.9. The highest BCUT2D eigenvalue weighted by Crippen LogP contribution is 2.35. The summed E-state index contributed by atoms with van der Waals surface area (Å²) < 4.78 is 12.9. The van der Waals surface area contributed by atoms with Crippen molar-refractivity contribution in [3.63, 3.8) is 0 Å². The normalized spacial score (nSPS) is 16.6. The van der Waals surface area contributed by atoms with Crippen LogP contribution in [0.1, 0.15) is 40.2 Å². The largest absolute Gasteiger partial charge is 0.343 e. The van der Waals surface area contributed by atoms with E-state index in [4.69, 9.17) is 0 Å². The SMILES string of the molecule is CC[C@@H]1c2ccsc2CCN1C(=O)CNC(=O)c1ccc(F)cc1. The smallest absolute Gasteiger partial charge is 0.251 e. The number of nitrogens with one attached hydrogen (secondary N) is 1. The van der Waals surface area contributed by atoms with E-state index < -0.39 is 5.82 Å². The molecule has 0 radical (unpaired) electrons. The number of carbonyl (C=O) groups is 2. The Balaban J connectivity index is 1.63. The van der Waals surface area contributed by atoms with E-state index in [-0.39, 0.29) is 24.4 Å². The molecule has 2 aromatic rings. The summed E-state index contributed by atoms with van der Waals surface area (Å²) in [5.74, 6) is -0.855. The minimum absolute atomic E-state index is 0.0494. The molecule has 0 aliphatic carbocycles. The molecule has 2 heterocycles. The lowest BCUT2D eigenvalue weighted by Gasteiger charge is -2.35. The molecule has 0 fully saturated rings. The summed E-state index contributed by atoms with van der Waals surface area (Å²) in [5.41, 5.74) is 1.57. The Morgan fingerprint density at radius 1 is 1.29 bits per heavy atom. The van der Waals surface area contributed by atoms with Crippen LogP contribution in [0.25, 0.3) is 0 Å². The van der Waals surface area contributed by atoms with Gasteiger partial charge >= 0.3 is 0 Å². The van der Waals surface area contributed by atoms with Crippen molar-refractivity contribution in [1.29, 1.82) is 0 Å². The molecular weight excluding hydrogens is 327 g/mol. The lowest BCUT2D eigenvalue weighted by Crippen LogP contribution is -2.44. The Labute approximate surface area is 144 Å². The molecule has 6 heteroatoms. The van der Waals surface area contributed by atoms with Gasteiger partial charge in [-0.1, -0.05) is 6.92 Å². The molecule has 1 N–H and O–H groups in total. The third-order valence-corrected chi connectivity index (χ3v) is 5.30. The number of rotatable bonds is 4. The molecule has 1 atom stereocenters. The summed E-state index contributed by atoms with van der Waals surface area (Å²) in [7, 11) is 0. The first-order valence-corrected chi connectivity index (χ1v) is 8.87. The summed E-state index contributed by atoms with van der Waals surface area (Å²) in [6, 6.07) is 7.43. The minimum atomic E-state index is -0.395. The highest BCUT2D eigenvalue weighted by molar-refractivity contribution is 7.10. The zero-order valence-electron chi connectivity index (χ0n) is 13.4. The van der Waals surface area contributed by atoms with Crippen molar-refractivity contribution in [2.45, 2.75) is 25.8 Å². The lowest BCUT2D eigenvalue weighted by molar-refractivity contribution is -0.133. The molecule has 24 heavy (non-hydrogen) atoms. The average molecular weight is 346 g/mol. The van der Waals surface area contributed by atoms with Gasteiger partial charge in [0.1, 0.15) is 5.82 Å². The summed E-state index contributed by atoms with van der Waals surface area (Å²) in [6.45, 7) is 2.69. The van der Waals surface area contributed by atoms with Crippen LogP contribution in [0.2, 0.25) is 0 Å². The first-order valence-electron chi connectivity index (χ1n) is 7.99. The topological polar surface area (TPSA) is 49.4 Å². The van der Waals surface area contributed by atoms with Gasteiger partial charge in [-0.3, -0.25) is 9.59 Å². The highest BCUT2D eigenvalue weighted by Gasteiger charge is 2.30. The fourth-order valence-electron chi connectivity index (χ4n) is 3.10. The molecule has 0 spiro atoms. The molecule has 1 aliphatic rings. The molecule has 3 rings (SSSR count). The highest BCUT2D eigenvalue weighted by atomic mass is 32.1. The Kier molecular flexibility index (Phi) is 4.94. The van der Waals surface area contributed by atoms with E-state index in [9.17, 15) is 14.0 Å². The quantitative estimate of drug-likeness (QED) is 0.924. The molecule has 0 unspecified atom stereocenters. The molecule has 2 amide bonds. The molecular formula is C18H19FN2O2S. The Morgan fingerprint density at radius 3 is 2.75 bits per heavy atom. The van der Waals surface area contributed by atoms with Gasteiger partial charge in [-0.2, -0.15) is 0 Å². The van der Waals surface area contributed by atoms with Crippen LogP contribution in [-0.4, -0.2) is 29.8 Å². The minimum Gasteiger partial charge on any atom is -0.343 e. The van der Waals surface area contributed by atoms with Gasteiger partial charge in [0, 0.05) is 17.0 Å². The van der Waals surface area contributed by atoms with E-state index in [1.807, 2.05) is 4.90 Å². The van der Waals surface area contributed by atoms with Gasteiger partial charge < -0.3 is 10.2 Å². The molecule has 1 aliphatic heterocycles. The monoisotopic (exact) mass is 346 g/mol. The average Bonchev–Trinajstić information content (AvgIpc) is 3.07. The van der Waals surface area contributed by atoms with Crippen molar-refractivity contribution in [3.8, 4) is 0 Å². The van der Waals surface area contributed by atoms with Gasteiger partial charge in [0.15, 0.2) is 0 Å². The van der Waals surface area contributed by atoms with Crippen molar-refractivity contribution in [2.75, 3.05) is 13.1 Å². The molecule has 0 saturated heterocycles. The Bertz CT molecular complexity index is 742. The third kappa shape index (κ3) is 3.33. The molecule has 1 aromatic carbocycles. The van der Waals surface area contributed by atoms with E-state index in [1.165, 1.54) is 34.7 Å². The predicted octanol–water partition coefficient (Wildman–Crippen LogP) is 3.15. The number of thiophene rings is 1. The number of nitrogens with zero attached hydrogens (tertiary/aromatic N) is 1. The van der Waals surface area contributed by atoms with Crippen molar-refractivity contribution >= 4 is 23.2 Å². The zero-order valence-corrected chi connectivity index (χ0v) is 14.2. The van der Waals surface area contributed by atoms with E-state index >= 15 is 0 Å². The molecule has 1 aromatic heterocycles. The summed E-state index contributed by atoms with van der Waals surface area (Å²) in [5, 5.41) is 4.70. The van der Waals surface area contributed by atoms with Gasteiger partial charge in [-0.15, -0.1) is 11.3 Å².